The molecule has 16 heavy (non-hydrogen) atoms. The molecule has 1 heterocycles. The second-order valence-electron chi connectivity index (χ2n) is 3.65. The normalized spacial score (nSPS) is 13.9. The van der Waals surface area contributed by atoms with Crippen LogP contribution < -0.4 is 0 Å². The number of nitriles is 1. The van der Waals surface area contributed by atoms with Gasteiger partial charge in [0.25, 0.3) is 11.8 Å². The van der Waals surface area contributed by atoms with E-state index in [9.17, 15) is 9.59 Å². The fourth-order valence-corrected chi connectivity index (χ4v) is 1.91. The number of aryl methyl sites for hydroxylation is 1. The van der Waals surface area contributed by atoms with Gasteiger partial charge in [-0.2, -0.15) is 5.26 Å². The van der Waals surface area contributed by atoms with Gasteiger partial charge in [-0.25, -0.2) is 0 Å². The van der Waals surface area contributed by atoms with Crippen molar-refractivity contribution in [3.05, 3.63) is 34.4 Å². The van der Waals surface area contributed by atoms with E-state index in [1.165, 1.54) is 0 Å². The molecule has 0 spiro atoms. The summed E-state index contributed by atoms with van der Waals surface area (Å²) in [5.41, 5.74) is 1.63. The number of hydrogen-bond acceptors (Lipinski definition) is 3. The monoisotopic (exact) mass is 214 g/mol. The number of benzene rings is 1. The van der Waals surface area contributed by atoms with Crippen LogP contribution in [0, 0.1) is 18.3 Å². The third-order valence-corrected chi connectivity index (χ3v) is 2.78. The molecule has 0 saturated carbocycles. The summed E-state index contributed by atoms with van der Waals surface area (Å²) in [7, 11) is 0. The van der Waals surface area contributed by atoms with Crippen LogP contribution in [0.4, 0.5) is 0 Å². The molecule has 1 aromatic carbocycles. The van der Waals surface area contributed by atoms with Crippen LogP contribution in [0.3, 0.4) is 0 Å². The number of fused-ring (bicyclic) bond motifs is 1. The highest BCUT2D eigenvalue weighted by Crippen LogP contribution is 2.27. The summed E-state index contributed by atoms with van der Waals surface area (Å²) in [5.74, 6) is -0.665. The van der Waals surface area contributed by atoms with Crippen molar-refractivity contribution in [3.8, 4) is 6.07 Å². The first-order valence-electron chi connectivity index (χ1n) is 5.01. The molecule has 0 fully saturated rings. The summed E-state index contributed by atoms with van der Waals surface area (Å²) in [6.07, 6.45) is 0. The number of carbonyl (C=O) groups is 2. The van der Waals surface area contributed by atoms with Gasteiger partial charge in [-0.15, -0.1) is 0 Å². The van der Waals surface area contributed by atoms with Gasteiger partial charge in [-0.05, 0) is 25.5 Å². The second kappa shape index (κ2) is 3.46. The van der Waals surface area contributed by atoms with Gasteiger partial charge < -0.3 is 0 Å². The largest absolute Gasteiger partial charge is 0.275 e. The predicted molar refractivity (Wildman–Crippen MR) is 56.9 cm³/mol. The van der Waals surface area contributed by atoms with Crippen LogP contribution in [-0.4, -0.2) is 23.3 Å². The molecule has 4 nitrogen and oxygen atoms in total. The first-order chi connectivity index (χ1) is 7.61. The molecule has 0 radical (unpaired) electrons. The molecule has 0 atom stereocenters. The van der Waals surface area contributed by atoms with Gasteiger partial charge in [0.2, 0.25) is 0 Å². The van der Waals surface area contributed by atoms with Crippen molar-refractivity contribution in [2.75, 3.05) is 6.54 Å². The molecule has 1 aromatic rings. The Hall–Kier alpha value is -2.15. The van der Waals surface area contributed by atoms with E-state index in [1.54, 1.807) is 26.0 Å². The Morgan fingerprint density at radius 1 is 1.31 bits per heavy atom. The molecule has 4 heteroatoms. The molecule has 0 unspecified atom stereocenters. The Morgan fingerprint density at radius 2 is 2.00 bits per heavy atom. The zero-order chi connectivity index (χ0) is 11.9. The second-order valence-corrected chi connectivity index (χ2v) is 3.65. The number of rotatable bonds is 1. The molecule has 2 rings (SSSR count). The quantitative estimate of drug-likeness (QED) is 0.665. The topological polar surface area (TPSA) is 61.2 Å². The van der Waals surface area contributed by atoms with Crippen molar-refractivity contribution < 1.29 is 9.59 Å². The van der Waals surface area contributed by atoms with Gasteiger partial charge in [-0.1, -0.05) is 6.07 Å². The van der Waals surface area contributed by atoms with E-state index in [1.807, 2.05) is 6.07 Å². The first kappa shape index (κ1) is 10.4. The van der Waals surface area contributed by atoms with Crippen molar-refractivity contribution in [2.45, 2.75) is 13.8 Å². The van der Waals surface area contributed by atoms with Gasteiger partial charge in [0.05, 0.1) is 16.7 Å². The molecule has 80 valence electrons. The predicted octanol–water partition coefficient (Wildman–Crippen LogP) is 1.48. The number of nitrogens with zero attached hydrogens (tertiary/aromatic N) is 2. The van der Waals surface area contributed by atoms with Crippen LogP contribution in [0.25, 0.3) is 0 Å². The summed E-state index contributed by atoms with van der Waals surface area (Å²) < 4.78 is 0. The van der Waals surface area contributed by atoms with Crippen molar-refractivity contribution in [1.29, 1.82) is 5.26 Å². The third kappa shape index (κ3) is 1.15. The summed E-state index contributed by atoms with van der Waals surface area (Å²) in [4.78, 5) is 24.9. The zero-order valence-corrected chi connectivity index (χ0v) is 9.07. The highest BCUT2D eigenvalue weighted by atomic mass is 16.2. The van der Waals surface area contributed by atoms with Gasteiger partial charge in [0, 0.05) is 6.54 Å². The highest BCUT2D eigenvalue weighted by Gasteiger charge is 2.36. The Balaban J connectivity index is 2.74. The van der Waals surface area contributed by atoms with E-state index in [4.69, 9.17) is 5.26 Å². The Morgan fingerprint density at radius 3 is 2.56 bits per heavy atom. The van der Waals surface area contributed by atoms with E-state index in [0.29, 0.717) is 17.7 Å². The van der Waals surface area contributed by atoms with Crippen LogP contribution in [0.5, 0.6) is 0 Å². The van der Waals surface area contributed by atoms with Crippen LogP contribution in [0.15, 0.2) is 12.1 Å². The lowest BCUT2D eigenvalue weighted by Crippen LogP contribution is -2.29. The Kier molecular flexibility index (Phi) is 2.24. The average Bonchev–Trinajstić information content (AvgIpc) is 2.51. The molecule has 1 aliphatic rings. The summed E-state index contributed by atoms with van der Waals surface area (Å²) in [6.45, 7) is 3.82. The molecule has 0 saturated heterocycles. The van der Waals surface area contributed by atoms with Gasteiger partial charge in [0.15, 0.2) is 0 Å². The smallest absolute Gasteiger partial charge is 0.262 e. The molecule has 0 aliphatic carbocycles. The lowest BCUT2D eigenvalue weighted by atomic mass is 9.99. The van der Waals surface area contributed by atoms with E-state index < -0.39 is 0 Å². The highest BCUT2D eigenvalue weighted by molar-refractivity contribution is 6.22. The minimum Gasteiger partial charge on any atom is -0.275 e. The average molecular weight is 214 g/mol. The van der Waals surface area contributed by atoms with Crippen LogP contribution in [0.1, 0.15) is 38.8 Å². The molecule has 0 aromatic heterocycles. The molecular weight excluding hydrogens is 204 g/mol. The minimum atomic E-state index is -0.359. The number of hydrogen-bond donors (Lipinski definition) is 0. The number of amides is 2. The first-order valence-corrected chi connectivity index (χ1v) is 5.01. The fourth-order valence-electron chi connectivity index (χ4n) is 1.91. The van der Waals surface area contributed by atoms with Gasteiger partial charge in [-0.3, -0.25) is 14.5 Å². The SMILES string of the molecule is CCN1C(=O)c2ccc(C)c(C#N)c2C1=O. The van der Waals surface area contributed by atoms with Crippen molar-refractivity contribution in [3.63, 3.8) is 0 Å². The fraction of sp³-hybridized carbons (Fsp3) is 0.250. The van der Waals surface area contributed by atoms with E-state index in [-0.39, 0.29) is 17.4 Å². The van der Waals surface area contributed by atoms with E-state index >= 15 is 0 Å². The van der Waals surface area contributed by atoms with Gasteiger partial charge in [0.1, 0.15) is 6.07 Å². The Bertz CT molecular complexity index is 541. The van der Waals surface area contributed by atoms with E-state index in [2.05, 4.69) is 0 Å². The lowest BCUT2D eigenvalue weighted by molar-refractivity contribution is 0.0663. The van der Waals surface area contributed by atoms with Crippen LogP contribution in [-0.2, 0) is 0 Å². The maximum absolute atomic E-state index is 11.9. The third-order valence-electron chi connectivity index (χ3n) is 2.78. The molecule has 0 bridgehead atoms. The van der Waals surface area contributed by atoms with Crippen molar-refractivity contribution >= 4 is 11.8 Å². The van der Waals surface area contributed by atoms with E-state index in [0.717, 1.165) is 10.5 Å². The maximum atomic E-state index is 11.9. The minimum absolute atomic E-state index is 0.259. The van der Waals surface area contributed by atoms with Crippen LogP contribution in [0.2, 0.25) is 0 Å². The summed E-state index contributed by atoms with van der Waals surface area (Å²) in [5, 5.41) is 9.01. The number of imide groups is 1. The van der Waals surface area contributed by atoms with Gasteiger partial charge >= 0.3 is 0 Å². The standard InChI is InChI=1S/C12H10N2O2/c1-3-14-11(15)8-5-4-7(2)9(6-13)10(8)12(14)16/h4-5H,3H2,1-2H3. The molecule has 2 amide bonds. The number of carbonyl (C=O) groups excluding carboxylic acids is 2. The Labute approximate surface area is 93.1 Å². The lowest BCUT2D eigenvalue weighted by Gasteiger charge is -2.09. The van der Waals surface area contributed by atoms with Crippen LogP contribution >= 0.6 is 0 Å². The molecule has 1 aliphatic heterocycles. The molecular formula is C12H10N2O2. The molecule has 0 N–H and O–H groups in total. The summed E-state index contributed by atoms with van der Waals surface area (Å²) >= 11 is 0. The van der Waals surface area contributed by atoms with Crippen molar-refractivity contribution in [2.24, 2.45) is 0 Å². The zero-order valence-electron chi connectivity index (χ0n) is 9.07. The van der Waals surface area contributed by atoms with Crippen molar-refractivity contribution in [1.82, 2.24) is 4.90 Å². The summed E-state index contributed by atoms with van der Waals surface area (Å²) in [6, 6.07) is 5.30. The maximum Gasteiger partial charge on any atom is 0.262 e.